The molecule has 0 bridgehead atoms. The fourth-order valence-electron chi connectivity index (χ4n) is 5.22. The van der Waals surface area contributed by atoms with Crippen LogP contribution in [0.4, 0.5) is 0 Å². The quantitative estimate of drug-likeness (QED) is 0.364. The van der Waals surface area contributed by atoms with Crippen molar-refractivity contribution < 1.29 is 19.1 Å². The Morgan fingerprint density at radius 2 is 1.66 bits per heavy atom. The molecule has 38 heavy (non-hydrogen) atoms. The van der Waals surface area contributed by atoms with E-state index in [4.69, 9.17) is 21.1 Å². The number of aryl methyl sites for hydroxylation is 1. The van der Waals surface area contributed by atoms with Crippen LogP contribution in [0.15, 0.2) is 72.8 Å². The summed E-state index contributed by atoms with van der Waals surface area (Å²) in [5.41, 5.74) is 2.81. The van der Waals surface area contributed by atoms with E-state index < -0.39 is 6.04 Å². The molecule has 1 aliphatic carbocycles. The number of halogens is 1. The molecule has 3 aromatic rings. The number of carbonyl (C=O) groups is 2. The maximum atomic E-state index is 13.9. The van der Waals surface area contributed by atoms with E-state index in [2.05, 4.69) is 5.32 Å². The number of benzene rings is 3. The van der Waals surface area contributed by atoms with Gasteiger partial charge in [0.1, 0.15) is 6.04 Å². The van der Waals surface area contributed by atoms with E-state index in [9.17, 15) is 9.59 Å². The third-order valence-electron chi connectivity index (χ3n) is 7.34. The Hall–Kier alpha value is -3.51. The highest BCUT2D eigenvalue weighted by molar-refractivity contribution is 6.31. The van der Waals surface area contributed by atoms with Crippen molar-refractivity contribution in [1.29, 1.82) is 0 Å². The van der Waals surface area contributed by atoms with Gasteiger partial charge in [-0.2, -0.15) is 0 Å². The zero-order chi connectivity index (χ0) is 26.3. The first-order chi connectivity index (χ1) is 18.6. The van der Waals surface area contributed by atoms with E-state index in [1.807, 2.05) is 72.8 Å². The molecule has 5 rings (SSSR count). The van der Waals surface area contributed by atoms with E-state index in [0.29, 0.717) is 29.4 Å². The van der Waals surface area contributed by atoms with Crippen LogP contribution in [0.3, 0.4) is 0 Å². The number of rotatable bonds is 10. The minimum Gasteiger partial charge on any atom is -0.454 e. The summed E-state index contributed by atoms with van der Waals surface area (Å²) < 4.78 is 10.9. The number of hydrogen-bond donors (Lipinski definition) is 1. The zero-order valence-electron chi connectivity index (χ0n) is 21.4. The Morgan fingerprint density at radius 3 is 2.45 bits per heavy atom. The molecule has 1 N–H and O–H groups in total. The first-order valence-electron chi connectivity index (χ1n) is 13.3. The smallest absolute Gasteiger partial charge is 0.243 e. The summed E-state index contributed by atoms with van der Waals surface area (Å²) in [7, 11) is 0. The van der Waals surface area contributed by atoms with Crippen LogP contribution in [0.1, 0.15) is 48.8 Å². The SMILES string of the molecule is O=C(NC1CCCC1)[C@H](Cc1ccccc1)N(Cc1ccccc1Cl)C(=O)CCc1ccc2c(c1)OCO2. The van der Waals surface area contributed by atoms with Gasteiger partial charge in [-0.25, -0.2) is 0 Å². The number of hydrogen-bond acceptors (Lipinski definition) is 4. The van der Waals surface area contributed by atoms with Crippen LogP contribution in [0.2, 0.25) is 5.02 Å². The average molecular weight is 533 g/mol. The largest absolute Gasteiger partial charge is 0.454 e. The molecule has 0 aromatic heterocycles. The molecule has 3 aromatic carbocycles. The number of fused-ring (bicyclic) bond motifs is 1. The lowest BCUT2D eigenvalue weighted by Crippen LogP contribution is -2.52. The van der Waals surface area contributed by atoms with Gasteiger partial charge in [0.05, 0.1) is 0 Å². The van der Waals surface area contributed by atoms with E-state index in [-0.39, 0.29) is 37.6 Å². The summed E-state index contributed by atoms with van der Waals surface area (Å²) in [6, 6.07) is 22.6. The molecular weight excluding hydrogens is 500 g/mol. The van der Waals surface area contributed by atoms with Crippen molar-refractivity contribution in [2.75, 3.05) is 6.79 Å². The molecule has 7 heteroatoms. The molecule has 1 fully saturated rings. The Kier molecular flexibility index (Phi) is 8.49. The molecule has 2 amide bonds. The lowest BCUT2D eigenvalue weighted by molar-refractivity contribution is -0.141. The monoisotopic (exact) mass is 532 g/mol. The Morgan fingerprint density at radius 1 is 0.921 bits per heavy atom. The first-order valence-corrected chi connectivity index (χ1v) is 13.7. The topological polar surface area (TPSA) is 67.9 Å². The van der Waals surface area contributed by atoms with Crippen LogP contribution < -0.4 is 14.8 Å². The van der Waals surface area contributed by atoms with Gasteiger partial charge in [-0.3, -0.25) is 9.59 Å². The molecule has 2 aliphatic rings. The van der Waals surface area contributed by atoms with Crippen molar-refractivity contribution in [2.45, 2.75) is 63.6 Å². The highest BCUT2D eigenvalue weighted by atomic mass is 35.5. The highest BCUT2D eigenvalue weighted by Crippen LogP contribution is 2.33. The number of nitrogens with one attached hydrogen (secondary N) is 1. The average Bonchev–Trinajstić information content (AvgIpc) is 3.62. The predicted molar refractivity (Wildman–Crippen MR) is 147 cm³/mol. The molecule has 0 spiro atoms. The Balaban J connectivity index is 1.40. The van der Waals surface area contributed by atoms with Crippen molar-refractivity contribution in [3.63, 3.8) is 0 Å². The minimum atomic E-state index is -0.654. The van der Waals surface area contributed by atoms with Crippen LogP contribution in [0.25, 0.3) is 0 Å². The number of amides is 2. The zero-order valence-corrected chi connectivity index (χ0v) is 22.2. The molecule has 0 unspecified atom stereocenters. The summed E-state index contributed by atoms with van der Waals surface area (Å²) in [5, 5.41) is 3.82. The molecule has 0 radical (unpaired) electrons. The normalized spacial score (nSPS) is 15.3. The van der Waals surface area contributed by atoms with E-state index in [1.165, 1.54) is 0 Å². The lowest BCUT2D eigenvalue weighted by atomic mass is 10.0. The van der Waals surface area contributed by atoms with Gasteiger partial charge in [0.2, 0.25) is 18.6 Å². The van der Waals surface area contributed by atoms with Crippen LogP contribution in [0.5, 0.6) is 11.5 Å². The number of ether oxygens (including phenoxy) is 2. The van der Waals surface area contributed by atoms with Gasteiger partial charge in [-0.1, -0.05) is 79.0 Å². The summed E-state index contributed by atoms with van der Waals surface area (Å²) in [4.78, 5) is 29.4. The van der Waals surface area contributed by atoms with Gasteiger partial charge in [0.15, 0.2) is 11.5 Å². The molecular formula is C31H33ClN2O4. The first kappa shape index (κ1) is 26.1. The van der Waals surface area contributed by atoms with Gasteiger partial charge in [-0.15, -0.1) is 0 Å². The predicted octanol–water partition coefficient (Wildman–Crippen LogP) is 5.70. The molecule has 0 saturated heterocycles. The second kappa shape index (κ2) is 12.4. The van der Waals surface area contributed by atoms with Crippen molar-refractivity contribution >= 4 is 23.4 Å². The molecule has 1 aliphatic heterocycles. The Labute approximate surface area is 228 Å². The number of carbonyl (C=O) groups excluding carboxylic acids is 2. The standard InChI is InChI=1S/C31H33ClN2O4/c32-26-13-7-4-10-24(26)20-34(30(35)17-15-23-14-16-28-29(19-23)38-21-37-28)27(18-22-8-2-1-3-9-22)31(36)33-25-11-5-6-12-25/h1-4,7-10,13-14,16,19,25,27H,5-6,11-12,15,17-18,20-21H2,(H,33,36)/t27-/m0/s1. The summed E-state index contributed by atoms with van der Waals surface area (Å²) in [6.07, 6.45) is 5.40. The molecule has 198 valence electrons. The fraction of sp³-hybridized carbons (Fsp3) is 0.355. The van der Waals surface area contributed by atoms with Crippen molar-refractivity contribution in [3.05, 3.63) is 94.5 Å². The van der Waals surface area contributed by atoms with E-state index in [1.54, 1.807) is 4.90 Å². The second-order valence-corrected chi connectivity index (χ2v) is 10.4. The van der Waals surface area contributed by atoms with Crippen LogP contribution in [-0.2, 0) is 29.0 Å². The van der Waals surface area contributed by atoms with Gasteiger partial charge >= 0.3 is 0 Å². The van der Waals surface area contributed by atoms with Gasteiger partial charge in [0, 0.05) is 30.5 Å². The Bertz CT molecular complexity index is 1260. The van der Waals surface area contributed by atoms with Gasteiger partial charge in [-0.05, 0) is 54.2 Å². The lowest BCUT2D eigenvalue weighted by Gasteiger charge is -2.32. The molecule has 1 atom stereocenters. The fourth-order valence-corrected chi connectivity index (χ4v) is 5.42. The maximum absolute atomic E-state index is 13.9. The molecule has 1 heterocycles. The van der Waals surface area contributed by atoms with Gasteiger partial charge < -0.3 is 19.7 Å². The van der Waals surface area contributed by atoms with Crippen molar-refractivity contribution in [1.82, 2.24) is 10.2 Å². The summed E-state index contributed by atoms with van der Waals surface area (Å²) >= 11 is 6.52. The maximum Gasteiger partial charge on any atom is 0.243 e. The minimum absolute atomic E-state index is 0.0925. The van der Waals surface area contributed by atoms with Crippen LogP contribution >= 0.6 is 11.6 Å². The van der Waals surface area contributed by atoms with E-state index >= 15 is 0 Å². The summed E-state index contributed by atoms with van der Waals surface area (Å²) in [5.74, 6) is 1.21. The van der Waals surface area contributed by atoms with Crippen molar-refractivity contribution in [2.24, 2.45) is 0 Å². The van der Waals surface area contributed by atoms with Crippen LogP contribution in [-0.4, -0.2) is 35.6 Å². The molecule has 1 saturated carbocycles. The van der Waals surface area contributed by atoms with Crippen molar-refractivity contribution in [3.8, 4) is 11.5 Å². The van der Waals surface area contributed by atoms with Crippen LogP contribution in [0, 0.1) is 0 Å². The highest BCUT2D eigenvalue weighted by Gasteiger charge is 2.32. The summed E-state index contributed by atoms with van der Waals surface area (Å²) in [6.45, 7) is 0.468. The molecule has 6 nitrogen and oxygen atoms in total. The van der Waals surface area contributed by atoms with E-state index in [0.717, 1.165) is 42.4 Å². The second-order valence-electron chi connectivity index (χ2n) is 10.00. The van der Waals surface area contributed by atoms with Gasteiger partial charge in [0.25, 0.3) is 0 Å². The third-order valence-corrected chi connectivity index (χ3v) is 7.70. The third kappa shape index (κ3) is 6.48. The number of nitrogens with zero attached hydrogens (tertiary/aromatic N) is 1.